The highest BCUT2D eigenvalue weighted by Gasteiger charge is 2.36. The Bertz CT molecular complexity index is 330. The van der Waals surface area contributed by atoms with E-state index in [4.69, 9.17) is 5.11 Å². The third-order valence-corrected chi connectivity index (χ3v) is 1.85. The summed E-state index contributed by atoms with van der Waals surface area (Å²) in [5.74, 6) is -4.22. The van der Waals surface area contributed by atoms with Gasteiger partial charge in [0.1, 0.15) is 0 Å². The van der Waals surface area contributed by atoms with Crippen LogP contribution in [-0.2, 0) is 19.1 Å². The molecule has 0 radical (unpaired) electrons. The van der Waals surface area contributed by atoms with Gasteiger partial charge in [-0.3, -0.25) is 0 Å². The molecular weight excluding hydrogens is 240 g/mol. The van der Waals surface area contributed by atoms with Crippen LogP contribution in [0.5, 0.6) is 0 Å². The van der Waals surface area contributed by atoms with Gasteiger partial charge in [0.05, 0.1) is 6.42 Å². The summed E-state index contributed by atoms with van der Waals surface area (Å²) in [6, 6.07) is 0. The summed E-state index contributed by atoms with van der Waals surface area (Å²) in [5.41, 5.74) is 0.0904. The predicted molar refractivity (Wildman–Crippen MR) is 63.1 cm³/mol. The van der Waals surface area contributed by atoms with Crippen LogP contribution in [0, 0.1) is 0 Å². The van der Waals surface area contributed by atoms with E-state index >= 15 is 0 Å². The van der Waals surface area contributed by atoms with Crippen molar-refractivity contribution in [1.29, 1.82) is 0 Å². The van der Waals surface area contributed by atoms with E-state index in [1.54, 1.807) is 0 Å². The van der Waals surface area contributed by atoms with E-state index < -0.39 is 17.9 Å². The van der Waals surface area contributed by atoms with Crippen molar-refractivity contribution in [3.8, 4) is 0 Å². The van der Waals surface area contributed by atoms with Gasteiger partial charge >= 0.3 is 17.9 Å². The van der Waals surface area contributed by atoms with E-state index in [-0.39, 0.29) is 30.6 Å². The van der Waals surface area contributed by atoms with Crippen molar-refractivity contribution in [2.45, 2.75) is 32.7 Å². The third kappa shape index (κ3) is 5.60. The van der Waals surface area contributed by atoms with Crippen molar-refractivity contribution in [2.24, 2.45) is 0 Å². The topological polar surface area (TPSA) is 93.1 Å². The number of carbonyl (C=O) groups excluding carboxylic acids is 2. The lowest BCUT2D eigenvalue weighted by molar-refractivity contribution is -0.325. The minimum atomic E-state index is -2.42. The van der Waals surface area contributed by atoms with Crippen molar-refractivity contribution in [1.82, 2.24) is 0 Å². The molecule has 0 aromatic rings. The monoisotopic (exact) mass is 258 g/mol. The average Bonchev–Trinajstić information content (AvgIpc) is 2.25. The molecule has 0 spiro atoms. The summed E-state index contributed by atoms with van der Waals surface area (Å²) in [4.78, 5) is 22.6. The minimum absolute atomic E-state index is 0.0452. The largest absolute Gasteiger partial charge is 0.396 e. The molecule has 0 heterocycles. The van der Waals surface area contributed by atoms with Crippen LogP contribution in [0.2, 0.25) is 0 Å². The Labute approximate surface area is 106 Å². The summed E-state index contributed by atoms with van der Waals surface area (Å²) >= 11 is 0. The highest BCUT2D eigenvalue weighted by Crippen LogP contribution is 2.19. The molecule has 0 fully saturated rings. The molecule has 0 saturated heterocycles. The van der Waals surface area contributed by atoms with Crippen molar-refractivity contribution < 1.29 is 29.3 Å². The lowest BCUT2D eigenvalue weighted by Gasteiger charge is -2.26. The molecule has 0 aliphatic rings. The van der Waals surface area contributed by atoms with Crippen molar-refractivity contribution in [3.05, 3.63) is 24.3 Å². The zero-order valence-corrected chi connectivity index (χ0v) is 10.6. The Morgan fingerprint density at radius 1 is 1.11 bits per heavy atom. The summed E-state index contributed by atoms with van der Waals surface area (Å²) in [5, 5.41) is 18.6. The van der Waals surface area contributed by atoms with E-state index in [9.17, 15) is 14.7 Å². The predicted octanol–water partition coefficient (Wildman–Crippen LogP) is 0.644. The molecule has 0 amide bonds. The maximum Gasteiger partial charge on any atom is 0.373 e. The number of hydrogen-bond donors (Lipinski definition) is 2. The van der Waals surface area contributed by atoms with Gasteiger partial charge in [0.25, 0.3) is 0 Å². The maximum absolute atomic E-state index is 11.3. The Balaban J connectivity index is 4.81. The van der Waals surface area contributed by atoms with E-state index in [2.05, 4.69) is 22.6 Å². The van der Waals surface area contributed by atoms with Gasteiger partial charge in [0.2, 0.25) is 0 Å². The van der Waals surface area contributed by atoms with Crippen LogP contribution in [0.1, 0.15) is 26.7 Å². The molecule has 0 bridgehead atoms. The molecule has 0 rings (SSSR count). The van der Waals surface area contributed by atoms with Crippen LogP contribution in [0.4, 0.5) is 0 Å². The van der Waals surface area contributed by atoms with Gasteiger partial charge in [-0.15, -0.1) is 0 Å². The standard InChI is InChI=1S/C12H18O6/c1-8(2)10(14)17-12(16,6-5-7-13)18-11(15)9(3)4/h13,16H,1,3,5-7H2,2,4H3. The number of aliphatic hydroxyl groups is 2. The zero-order valence-electron chi connectivity index (χ0n) is 10.6. The smallest absolute Gasteiger partial charge is 0.373 e. The number of carbonyl (C=O) groups is 2. The first-order valence-corrected chi connectivity index (χ1v) is 5.33. The minimum Gasteiger partial charge on any atom is -0.396 e. The van der Waals surface area contributed by atoms with Crippen LogP contribution in [-0.4, -0.2) is 34.7 Å². The Morgan fingerprint density at radius 2 is 1.50 bits per heavy atom. The molecule has 2 N–H and O–H groups in total. The molecule has 0 aromatic carbocycles. The van der Waals surface area contributed by atoms with Crippen molar-refractivity contribution in [2.75, 3.05) is 6.61 Å². The molecule has 0 aromatic heterocycles. The van der Waals surface area contributed by atoms with Crippen LogP contribution >= 0.6 is 0 Å². The maximum atomic E-state index is 11.3. The summed E-state index contributed by atoms with van der Waals surface area (Å²) in [6.45, 7) is 9.20. The fourth-order valence-corrected chi connectivity index (χ4v) is 0.889. The molecular formula is C12H18O6. The van der Waals surface area contributed by atoms with Gasteiger partial charge in [0, 0.05) is 17.8 Å². The normalized spacial score (nSPS) is 10.7. The Hall–Kier alpha value is -1.66. The highest BCUT2D eigenvalue weighted by molar-refractivity contribution is 5.88. The Kier molecular flexibility index (Phi) is 6.29. The van der Waals surface area contributed by atoms with E-state index in [1.165, 1.54) is 13.8 Å². The van der Waals surface area contributed by atoms with E-state index in [0.29, 0.717) is 0 Å². The second-order valence-electron chi connectivity index (χ2n) is 3.88. The number of rotatable bonds is 7. The van der Waals surface area contributed by atoms with Gasteiger partial charge in [-0.2, -0.15) is 0 Å². The zero-order chi connectivity index (χ0) is 14.3. The highest BCUT2D eigenvalue weighted by atomic mass is 16.8. The molecule has 6 heteroatoms. The second kappa shape index (κ2) is 6.93. The van der Waals surface area contributed by atoms with Gasteiger partial charge in [-0.05, 0) is 20.3 Å². The first-order chi connectivity index (χ1) is 8.22. The fraction of sp³-hybridized carbons (Fsp3) is 0.500. The molecule has 0 saturated carbocycles. The third-order valence-electron chi connectivity index (χ3n) is 1.85. The van der Waals surface area contributed by atoms with Crippen LogP contribution < -0.4 is 0 Å². The number of esters is 2. The van der Waals surface area contributed by atoms with Gasteiger partial charge in [-0.1, -0.05) is 13.2 Å². The first-order valence-electron chi connectivity index (χ1n) is 5.33. The SMILES string of the molecule is C=C(C)C(=O)OC(O)(CCCO)OC(=O)C(=C)C. The Morgan fingerprint density at radius 3 is 1.78 bits per heavy atom. The summed E-state index contributed by atoms with van der Waals surface area (Å²) < 4.78 is 9.29. The second-order valence-corrected chi connectivity index (χ2v) is 3.88. The fourth-order valence-electron chi connectivity index (χ4n) is 0.889. The lowest BCUT2D eigenvalue weighted by atomic mass is 10.2. The average molecular weight is 258 g/mol. The number of ether oxygens (including phenoxy) is 2. The van der Waals surface area contributed by atoms with Gasteiger partial charge in [0.15, 0.2) is 0 Å². The van der Waals surface area contributed by atoms with Crippen LogP contribution in [0.3, 0.4) is 0 Å². The van der Waals surface area contributed by atoms with Crippen LogP contribution in [0.25, 0.3) is 0 Å². The van der Waals surface area contributed by atoms with Crippen molar-refractivity contribution >= 4 is 11.9 Å². The number of aliphatic hydroxyl groups excluding tert-OH is 1. The number of hydrogen-bond acceptors (Lipinski definition) is 6. The molecule has 0 aliphatic carbocycles. The lowest BCUT2D eigenvalue weighted by Crippen LogP contribution is -2.40. The quantitative estimate of drug-likeness (QED) is 0.395. The molecule has 102 valence electrons. The molecule has 0 unspecified atom stereocenters. The van der Waals surface area contributed by atoms with E-state index in [0.717, 1.165) is 0 Å². The summed E-state index contributed by atoms with van der Waals surface area (Å²) in [7, 11) is 0. The van der Waals surface area contributed by atoms with Gasteiger partial charge in [-0.25, -0.2) is 9.59 Å². The first kappa shape index (κ1) is 16.3. The van der Waals surface area contributed by atoms with Gasteiger partial charge < -0.3 is 19.7 Å². The van der Waals surface area contributed by atoms with Crippen molar-refractivity contribution in [3.63, 3.8) is 0 Å². The summed E-state index contributed by atoms with van der Waals surface area (Å²) in [6.07, 6.45) is -0.162. The molecule has 6 nitrogen and oxygen atoms in total. The molecule has 0 aliphatic heterocycles. The molecule has 18 heavy (non-hydrogen) atoms. The molecule has 0 atom stereocenters. The van der Waals surface area contributed by atoms with E-state index in [1.807, 2.05) is 0 Å². The van der Waals surface area contributed by atoms with Crippen LogP contribution in [0.15, 0.2) is 24.3 Å².